The molecule has 0 bridgehead atoms. The summed E-state index contributed by atoms with van der Waals surface area (Å²) in [6, 6.07) is 22.8. The van der Waals surface area contributed by atoms with Crippen LogP contribution < -0.4 is 5.32 Å². The summed E-state index contributed by atoms with van der Waals surface area (Å²) in [6.45, 7) is 0. The first-order valence-corrected chi connectivity index (χ1v) is 6.96. The molecule has 3 aromatic carbocycles. The predicted molar refractivity (Wildman–Crippen MR) is 85.6 cm³/mol. The van der Waals surface area contributed by atoms with Crippen molar-refractivity contribution in [1.82, 2.24) is 0 Å². The third-order valence-corrected chi connectivity index (χ3v) is 3.92. The Bertz CT molecular complexity index is 808. The lowest BCUT2D eigenvalue weighted by molar-refractivity contribution is 1.57. The van der Waals surface area contributed by atoms with Crippen molar-refractivity contribution in [2.75, 3.05) is 5.32 Å². The maximum Gasteiger partial charge on any atom is 0.0479 e. The zero-order valence-corrected chi connectivity index (χ0v) is 11.5. The molecule has 3 aromatic rings. The minimum absolute atomic E-state index is 0.744. The van der Waals surface area contributed by atoms with E-state index >= 15 is 0 Å². The molecule has 1 heterocycles. The van der Waals surface area contributed by atoms with Gasteiger partial charge in [0.05, 0.1) is 0 Å². The minimum Gasteiger partial charge on any atom is -0.354 e. The van der Waals surface area contributed by atoms with E-state index < -0.39 is 0 Å². The summed E-state index contributed by atoms with van der Waals surface area (Å²) in [5.41, 5.74) is 7.04. The highest BCUT2D eigenvalue weighted by Crippen LogP contribution is 2.44. The molecule has 96 valence electrons. The topological polar surface area (TPSA) is 12.0 Å². The van der Waals surface area contributed by atoms with E-state index in [1.165, 1.54) is 22.3 Å². The van der Waals surface area contributed by atoms with Crippen molar-refractivity contribution in [3.05, 3.63) is 71.8 Å². The maximum atomic E-state index is 6.14. The van der Waals surface area contributed by atoms with Gasteiger partial charge in [-0.05, 0) is 29.3 Å². The fraction of sp³-hybridized carbons (Fsp3) is 0. The van der Waals surface area contributed by atoms with E-state index in [0.29, 0.717) is 0 Å². The molecule has 0 saturated heterocycles. The first kappa shape index (κ1) is 11.6. The van der Waals surface area contributed by atoms with Gasteiger partial charge in [0.15, 0.2) is 0 Å². The third kappa shape index (κ3) is 1.71. The monoisotopic (exact) mass is 277 g/mol. The number of nitrogens with one attached hydrogen (secondary N) is 1. The highest BCUT2D eigenvalue weighted by atomic mass is 35.5. The third-order valence-electron chi connectivity index (χ3n) is 3.69. The van der Waals surface area contributed by atoms with Gasteiger partial charge in [-0.15, -0.1) is 0 Å². The molecule has 0 saturated carbocycles. The number of benzene rings is 3. The van der Waals surface area contributed by atoms with E-state index in [1.807, 2.05) is 18.2 Å². The average molecular weight is 278 g/mol. The summed E-state index contributed by atoms with van der Waals surface area (Å²) in [6.07, 6.45) is 0. The van der Waals surface area contributed by atoms with Gasteiger partial charge in [0.1, 0.15) is 0 Å². The molecule has 1 aliphatic rings. The Labute approximate surface area is 122 Å². The van der Waals surface area contributed by atoms with Crippen LogP contribution in [0.3, 0.4) is 0 Å². The standard InChI is InChI=1S/C18H12ClN/c19-12-9-10-16-14-6-2-1-5-13(14)15-7-3-4-8-17(15)20-18(16)11-12/h1-11,20H. The molecule has 1 nitrogen and oxygen atoms in total. The SMILES string of the molecule is Clc1ccc2c(c1)Nc1ccccc1-c1ccccc1-2. The number of para-hydroxylation sites is 1. The molecule has 2 heteroatoms. The van der Waals surface area contributed by atoms with Crippen LogP contribution in [0.2, 0.25) is 5.02 Å². The van der Waals surface area contributed by atoms with Crippen LogP contribution in [0.4, 0.5) is 11.4 Å². The quantitative estimate of drug-likeness (QED) is 0.433. The highest BCUT2D eigenvalue weighted by molar-refractivity contribution is 6.31. The summed E-state index contributed by atoms with van der Waals surface area (Å²) < 4.78 is 0. The summed E-state index contributed by atoms with van der Waals surface area (Å²) in [5.74, 6) is 0. The van der Waals surface area contributed by atoms with Crippen LogP contribution >= 0.6 is 11.6 Å². The molecular weight excluding hydrogens is 266 g/mol. The van der Waals surface area contributed by atoms with Crippen LogP contribution in [-0.2, 0) is 0 Å². The van der Waals surface area contributed by atoms with E-state index in [0.717, 1.165) is 16.4 Å². The number of halogens is 1. The van der Waals surface area contributed by atoms with Gasteiger partial charge in [-0.3, -0.25) is 0 Å². The Kier molecular flexibility index (Phi) is 2.54. The van der Waals surface area contributed by atoms with Crippen molar-refractivity contribution in [2.45, 2.75) is 0 Å². The molecule has 0 amide bonds. The van der Waals surface area contributed by atoms with Gasteiger partial charge in [-0.2, -0.15) is 0 Å². The van der Waals surface area contributed by atoms with Crippen molar-refractivity contribution >= 4 is 23.0 Å². The summed E-state index contributed by atoms with van der Waals surface area (Å²) in [4.78, 5) is 0. The first-order valence-electron chi connectivity index (χ1n) is 6.58. The van der Waals surface area contributed by atoms with Gasteiger partial charge < -0.3 is 5.32 Å². The van der Waals surface area contributed by atoms with Crippen molar-refractivity contribution in [1.29, 1.82) is 0 Å². The molecule has 4 rings (SSSR count). The van der Waals surface area contributed by atoms with Gasteiger partial charge in [0, 0.05) is 27.5 Å². The summed E-state index contributed by atoms with van der Waals surface area (Å²) >= 11 is 6.14. The second kappa shape index (κ2) is 4.39. The second-order valence-corrected chi connectivity index (χ2v) is 5.34. The van der Waals surface area contributed by atoms with Crippen molar-refractivity contribution in [2.24, 2.45) is 0 Å². The van der Waals surface area contributed by atoms with Crippen LogP contribution in [0.5, 0.6) is 0 Å². The van der Waals surface area contributed by atoms with Crippen molar-refractivity contribution in [3.8, 4) is 22.3 Å². The molecule has 0 aromatic heterocycles. The van der Waals surface area contributed by atoms with E-state index in [2.05, 4.69) is 53.8 Å². The van der Waals surface area contributed by atoms with Crippen LogP contribution in [-0.4, -0.2) is 0 Å². The molecular formula is C18H12ClN. The largest absolute Gasteiger partial charge is 0.354 e. The normalized spacial score (nSPS) is 11.7. The molecule has 0 atom stereocenters. The Balaban J connectivity index is 2.11. The fourth-order valence-electron chi connectivity index (χ4n) is 2.78. The molecule has 0 radical (unpaired) electrons. The molecule has 1 N–H and O–H groups in total. The van der Waals surface area contributed by atoms with Gasteiger partial charge in [-0.25, -0.2) is 0 Å². The smallest absolute Gasteiger partial charge is 0.0479 e. The zero-order chi connectivity index (χ0) is 13.5. The van der Waals surface area contributed by atoms with Gasteiger partial charge in [0.25, 0.3) is 0 Å². The zero-order valence-electron chi connectivity index (χ0n) is 10.7. The van der Waals surface area contributed by atoms with E-state index in [4.69, 9.17) is 11.6 Å². The molecule has 0 fully saturated rings. The average Bonchev–Trinajstić information content (AvgIpc) is 2.61. The maximum absolute atomic E-state index is 6.14. The van der Waals surface area contributed by atoms with Crippen molar-refractivity contribution in [3.63, 3.8) is 0 Å². The minimum atomic E-state index is 0.744. The van der Waals surface area contributed by atoms with Gasteiger partial charge in [0.2, 0.25) is 0 Å². The summed E-state index contributed by atoms with van der Waals surface area (Å²) in [7, 11) is 0. The lowest BCUT2D eigenvalue weighted by atomic mass is 9.95. The van der Waals surface area contributed by atoms with Gasteiger partial charge >= 0.3 is 0 Å². The van der Waals surface area contributed by atoms with E-state index in [9.17, 15) is 0 Å². The highest BCUT2D eigenvalue weighted by Gasteiger charge is 2.17. The second-order valence-electron chi connectivity index (χ2n) is 4.91. The number of fused-ring (bicyclic) bond motifs is 5. The molecule has 0 spiro atoms. The molecule has 1 aliphatic heterocycles. The lowest BCUT2D eigenvalue weighted by Gasteiger charge is -2.10. The van der Waals surface area contributed by atoms with Crippen LogP contribution in [0, 0.1) is 0 Å². The van der Waals surface area contributed by atoms with Crippen LogP contribution in [0.1, 0.15) is 0 Å². The van der Waals surface area contributed by atoms with Gasteiger partial charge in [-0.1, -0.05) is 60.1 Å². The summed E-state index contributed by atoms with van der Waals surface area (Å²) in [5, 5.41) is 4.25. The number of hydrogen-bond acceptors (Lipinski definition) is 1. The number of hydrogen-bond donors (Lipinski definition) is 1. The first-order chi connectivity index (χ1) is 9.83. The Hall–Kier alpha value is -2.25. The van der Waals surface area contributed by atoms with Crippen LogP contribution in [0.15, 0.2) is 66.7 Å². The molecule has 20 heavy (non-hydrogen) atoms. The van der Waals surface area contributed by atoms with Crippen molar-refractivity contribution < 1.29 is 0 Å². The van der Waals surface area contributed by atoms with Crippen LogP contribution in [0.25, 0.3) is 22.3 Å². The Morgan fingerprint density at radius 1 is 0.600 bits per heavy atom. The molecule has 0 aliphatic carbocycles. The fourth-order valence-corrected chi connectivity index (χ4v) is 2.95. The predicted octanol–water partition coefficient (Wildman–Crippen LogP) is 5.73. The Morgan fingerprint density at radius 2 is 1.20 bits per heavy atom. The Morgan fingerprint density at radius 3 is 1.95 bits per heavy atom. The number of anilines is 2. The number of rotatable bonds is 0. The molecule has 0 unspecified atom stereocenters. The van der Waals surface area contributed by atoms with E-state index in [-0.39, 0.29) is 0 Å². The lowest BCUT2D eigenvalue weighted by Crippen LogP contribution is -1.91. The van der Waals surface area contributed by atoms with E-state index in [1.54, 1.807) is 0 Å².